The van der Waals surface area contributed by atoms with Gasteiger partial charge in [0.1, 0.15) is 12.6 Å². The molecule has 4 rings (SSSR count). The van der Waals surface area contributed by atoms with Crippen molar-refractivity contribution in [2.24, 2.45) is 11.1 Å². The number of aryl methyl sites for hydroxylation is 1. The molecule has 0 atom stereocenters. The molecule has 1 fully saturated rings. The van der Waals surface area contributed by atoms with Gasteiger partial charge in [-0.25, -0.2) is 9.78 Å². The summed E-state index contributed by atoms with van der Waals surface area (Å²) in [7, 11) is 1.30. The van der Waals surface area contributed by atoms with Gasteiger partial charge in [0.05, 0.1) is 24.7 Å². The smallest absolute Gasteiger partial charge is 0.412 e. The summed E-state index contributed by atoms with van der Waals surface area (Å²) in [6, 6.07) is 9.28. The Bertz CT molecular complexity index is 1100. The lowest BCUT2D eigenvalue weighted by Gasteiger charge is -2.09. The lowest BCUT2D eigenvalue weighted by atomic mass is 10.0. The number of anilines is 2. The Morgan fingerprint density at radius 3 is 2.41 bits per heavy atom. The highest BCUT2D eigenvalue weighted by Crippen LogP contribution is 2.47. The molecule has 0 bridgehead atoms. The summed E-state index contributed by atoms with van der Waals surface area (Å²) in [4.78, 5) is 32.1. The average Bonchev–Trinajstić information content (AvgIpc) is 3.59. The minimum Gasteiger partial charge on any atom is -0.453 e. The minimum atomic E-state index is -0.576. The molecule has 5 N–H and O–H groups in total. The number of ether oxygens (including phenoxy) is 1. The fourth-order valence-corrected chi connectivity index (χ4v) is 3.22. The number of rotatable bonds is 5. The van der Waals surface area contributed by atoms with Crippen molar-refractivity contribution in [2.75, 3.05) is 24.7 Å². The fraction of sp³-hybridized carbons (Fsp3) is 0.320. The number of nitrogens with two attached hydrogens (primary N) is 2. The number of hydrogen-bond donors (Lipinski definition) is 3. The SMILES string of the molecule is C=O.CC1(CCN)CC1.COC(=O)Nc1cc(-c2cc(-c3cc(N)cnc3C)ccn2)ccn1. The molecule has 1 aliphatic rings. The van der Waals surface area contributed by atoms with Crippen LogP contribution in [-0.2, 0) is 9.53 Å². The highest BCUT2D eigenvalue weighted by Gasteiger charge is 2.35. The van der Waals surface area contributed by atoms with Crippen LogP contribution in [0, 0.1) is 12.3 Å². The molecule has 34 heavy (non-hydrogen) atoms. The van der Waals surface area contributed by atoms with Crippen molar-refractivity contribution in [2.45, 2.75) is 33.1 Å². The number of amides is 1. The third-order valence-corrected chi connectivity index (χ3v) is 5.50. The van der Waals surface area contributed by atoms with E-state index in [1.54, 1.807) is 24.7 Å². The van der Waals surface area contributed by atoms with Crippen LogP contribution in [0.3, 0.4) is 0 Å². The fourth-order valence-electron chi connectivity index (χ4n) is 3.22. The summed E-state index contributed by atoms with van der Waals surface area (Å²) in [5.74, 6) is 0.387. The van der Waals surface area contributed by atoms with Crippen LogP contribution in [-0.4, -0.2) is 41.5 Å². The van der Waals surface area contributed by atoms with Crippen LogP contribution in [0.4, 0.5) is 16.3 Å². The third-order valence-electron chi connectivity index (χ3n) is 5.50. The molecule has 9 nitrogen and oxygen atoms in total. The molecule has 1 amide bonds. The van der Waals surface area contributed by atoms with Crippen molar-refractivity contribution in [3.63, 3.8) is 0 Å². The molecule has 1 aliphatic carbocycles. The van der Waals surface area contributed by atoms with E-state index in [2.05, 4.69) is 31.9 Å². The topological polar surface area (TPSA) is 146 Å². The van der Waals surface area contributed by atoms with Gasteiger partial charge < -0.3 is 21.0 Å². The van der Waals surface area contributed by atoms with Crippen LogP contribution in [0.2, 0.25) is 0 Å². The zero-order valence-corrected chi connectivity index (χ0v) is 19.9. The third kappa shape index (κ3) is 7.63. The van der Waals surface area contributed by atoms with Crippen molar-refractivity contribution in [3.05, 3.63) is 54.6 Å². The normalized spacial score (nSPS) is 12.8. The van der Waals surface area contributed by atoms with Gasteiger partial charge in [0.25, 0.3) is 0 Å². The summed E-state index contributed by atoms with van der Waals surface area (Å²) >= 11 is 0. The Balaban J connectivity index is 0.000000384. The van der Waals surface area contributed by atoms with Gasteiger partial charge in [0, 0.05) is 29.2 Å². The molecule has 9 heteroatoms. The number of hydrogen-bond acceptors (Lipinski definition) is 8. The van der Waals surface area contributed by atoms with E-state index in [-0.39, 0.29) is 0 Å². The van der Waals surface area contributed by atoms with Gasteiger partial charge in [0.2, 0.25) is 0 Å². The van der Waals surface area contributed by atoms with E-state index in [4.69, 9.17) is 16.3 Å². The van der Waals surface area contributed by atoms with Gasteiger partial charge >= 0.3 is 6.09 Å². The number of nitrogen functional groups attached to an aromatic ring is 1. The minimum absolute atomic E-state index is 0.387. The molecular weight excluding hydrogens is 432 g/mol. The molecule has 0 spiro atoms. The number of pyridine rings is 3. The van der Waals surface area contributed by atoms with Crippen LogP contribution in [0.15, 0.2) is 48.9 Å². The monoisotopic (exact) mass is 464 g/mol. The van der Waals surface area contributed by atoms with Crippen molar-refractivity contribution in [3.8, 4) is 22.4 Å². The molecule has 0 radical (unpaired) electrons. The highest BCUT2D eigenvalue weighted by atomic mass is 16.5. The van der Waals surface area contributed by atoms with Crippen molar-refractivity contribution in [1.29, 1.82) is 0 Å². The van der Waals surface area contributed by atoms with E-state index in [1.165, 1.54) is 26.4 Å². The molecule has 3 aromatic heterocycles. The van der Waals surface area contributed by atoms with Gasteiger partial charge in [0.15, 0.2) is 0 Å². The van der Waals surface area contributed by atoms with Crippen LogP contribution < -0.4 is 16.8 Å². The summed E-state index contributed by atoms with van der Waals surface area (Å²) in [5.41, 5.74) is 16.8. The second-order valence-corrected chi connectivity index (χ2v) is 8.23. The van der Waals surface area contributed by atoms with Gasteiger partial charge in [-0.15, -0.1) is 0 Å². The zero-order chi connectivity index (χ0) is 25.1. The second kappa shape index (κ2) is 12.4. The Morgan fingerprint density at radius 2 is 1.79 bits per heavy atom. The molecule has 0 aromatic carbocycles. The van der Waals surface area contributed by atoms with E-state index in [0.29, 0.717) is 16.9 Å². The summed E-state index contributed by atoms with van der Waals surface area (Å²) in [5, 5.41) is 2.54. The van der Waals surface area contributed by atoms with Gasteiger partial charge in [-0.2, -0.15) is 0 Å². The lowest BCUT2D eigenvalue weighted by Crippen LogP contribution is -2.11. The van der Waals surface area contributed by atoms with Crippen molar-refractivity contribution >= 4 is 24.4 Å². The van der Waals surface area contributed by atoms with E-state index in [1.807, 2.05) is 38.0 Å². The van der Waals surface area contributed by atoms with Crippen molar-refractivity contribution < 1.29 is 14.3 Å². The summed E-state index contributed by atoms with van der Waals surface area (Å²) in [6.07, 6.45) is 8.42. The van der Waals surface area contributed by atoms with Crippen LogP contribution >= 0.6 is 0 Å². The number of carbonyl (C=O) groups excluding carboxylic acids is 2. The first-order valence-electron chi connectivity index (χ1n) is 10.8. The average molecular weight is 465 g/mol. The Kier molecular flexibility index (Phi) is 9.63. The summed E-state index contributed by atoms with van der Waals surface area (Å²) in [6.45, 7) is 7.11. The predicted molar refractivity (Wildman–Crippen MR) is 134 cm³/mol. The van der Waals surface area contributed by atoms with Gasteiger partial charge in [-0.1, -0.05) is 6.92 Å². The zero-order valence-electron chi connectivity index (χ0n) is 19.9. The molecule has 0 saturated heterocycles. The lowest BCUT2D eigenvalue weighted by molar-refractivity contribution is -0.0980. The van der Waals surface area contributed by atoms with E-state index >= 15 is 0 Å². The van der Waals surface area contributed by atoms with E-state index < -0.39 is 6.09 Å². The Hall–Kier alpha value is -3.85. The van der Waals surface area contributed by atoms with Crippen LogP contribution in [0.1, 0.15) is 31.9 Å². The number of nitrogens with zero attached hydrogens (tertiary/aromatic N) is 3. The highest BCUT2D eigenvalue weighted by molar-refractivity contribution is 5.84. The largest absolute Gasteiger partial charge is 0.453 e. The first-order valence-corrected chi connectivity index (χ1v) is 10.8. The Labute approximate surface area is 200 Å². The predicted octanol–water partition coefficient (Wildman–Crippen LogP) is 4.22. The standard InChI is InChI=1S/C18H17N5O2.C6H13N.CH2O/c1-11-15(9-14(19)10-22-11)12-3-5-20-16(7-12)13-4-6-21-17(8-13)23-18(24)25-2;1-6(2-3-6)4-5-7;1-2/h3-10H,19H2,1-2H3,(H,21,23,24);2-5,7H2,1H3;1H2. The molecule has 3 aromatic rings. The van der Waals surface area contributed by atoms with Gasteiger partial charge in [-0.3, -0.25) is 15.3 Å². The number of aromatic nitrogens is 3. The number of nitrogens with one attached hydrogen (secondary N) is 1. The molecule has 0 aliphatic heterocycles. The molecular formula is C25H32N6O3. The summed E-state index contributed by atoms with van der Waals surface area (Å²) < 4.78 is 4.58. The van der Waals surface area contributed by atoms with Crippen LogP contribution in [0.25, 0.3) is 22.4 Å². The molecule has 180 valence electrons. The maximum absolute atomic E-state index is 11.3. The maximum atomic E-state index is 11.3. The Morgan fingerprint density at radius 1 is 1.12 bits per heavy atom. The van der Waals surface area contributed by atoms with E-state index in [0.717, 1.165) is 34.6 Å². The number of methoxy groups -OCH3 is 1. The van der Waals surface area contributed by atoms with Crippen molar-refractivity contribution in [1.82, 2.24) is 15.0 Å². The van der Waals surface area contributed by atoms with Gasteiger partial charge in [-0.05, 0) is 74.0 Å². The number of carbonyl (C=O) groups is 2. The second-order valence-electron chi connectivity index (χ2n) is 8.23. The first kappa shape index (κ1) is 26.4. The quantitative estimate of drug-likeness (QED) is 0.508. The van der Waals surface area contributed by atoms with Crippen LogP contribution in [0.5, 0.6) is 0 Å². The van der Waals surface area contributed by atoms with E-state index in [9.17, 15) is 4.79 Å². The molecule has 0 unspecified atom stereocenters. The molecule has 1 saturated carbocycles. The molecule has 3 heterocycles. The first-order chi connectivity index (χ1) is 16.3. The maximum Gasteiger partial charge on any atom is 0.412 e.